The van der Waals surface area contributed by atoms with Crippen molar-refractivity contribution in [2.24, 2.45) is 0 Å². The third-order valence-corrected chi connectivity index (χ3v) is 5.97. The molecule has 1 aliphatic carbocycles. The molecule has 1 aromatic heterocycles. The van der Waals surface area contributed by atoms with Crippen molar-refractivity contribution in [1.29, 1.82) is 0 Å². The molecule has 20 heavy (non-hydrogen) atoms. The first-order chi connectivity index (χ1) is 9.53. The molecule has 2 aliphatic rings. The summed E-state index contributed by atoms with van der Waals surface area (Å²) < 4.78 is 28.6. The maximum Gasteiger partial charge on any atom is 0.151 e. The zero-order valence-electron chi connectivity index (χ0n) is 11.8. The zero-order valence-corrected chi connectivity index (χ0v) is 12.7. The first kappa shape index (κ1) is 14.1. The molecule has 0 amide bonds. The van der Waals surface area contributed by atoms with E-state index in [0.29, 0.717) is 18.3 Å². The second kappa shape index (κ2) is 5.50. The van der Waals surface area contributed by atoms with Crippen molar-refractivity contribution in [2.75, 3.05) is 18.6 Å². The Balaban J connectivity index is 1.58. The van der Waals surface area contributed by atoms with Crippen LogP contribution in [-0.2, 0) is 22.9 Å². The molecule has 1 saturated carbocycles. The van der Waals surface area contributed by atoms with Gasteiger partial charge in [-0.2, -0.15) is 0 Å². The molecular weight excluding hydrogens is 276 g/mol. The highest BCUT2D eigenvalue weighted by Gasteiger charge is 2.31. The Labute approximate surface area is 120 Å². The minimum absolute atomic E-state index is 0.120. The summed E-state index contributed by atoms with van der Waals surface area (Å²) in [5.41, 5.74) is 1.18. The van der Waals surface area contributed by atoms with Crippen LogP contribution in [0.25, 0.3) is 0 Å². The van der Waals surface area contributed by atoms with E-state index in [2.05, 4.69) is 10.2 Å². The smallest absolute Gasteiger partial charge is 0.151 e. The van der Waals surface area contributed by atoms with Gasteiger partial charge in [-0.25, -0.2) is 8.42 Å². The monoisotopic (exact) mass is 298 g/mol. The quantitative estimate of drug-likeness (QED) is 0.853. The summed E-state index contributed by atoms with van der Waals surface area (Å²) in [6.07, 6.45) is 4.99. The minimum Gasteiger partial charge on any atom is -0.468 e. The first-order valence-electron chi connectivity index (χ1n) is 7.23. The van der Waals surface area contributed by atoms with Crippen molar-refractivity contribution < 1.29 is 12.8 Å². The summed E-state index contributed by atoms with van der Waals surface area (Å²) in [6.45, 7) is 1.52. The zero-order chi connectivity index (χ0) is 14.2. The van der Waals surface area contributed by atoms with E-state index in [-0.39, 0.29) is 11.8 Å². The second-order valence-electron chi connectivity index (χ2n) is 6.00. The normalized spacial score (nSPS) is 25.4. The van der Waals surface area contributed by atoms with Gasteiger partial charge in [0.2, 0.25) is 0 Å². The lowest BCUT2D eigenvalue weighted by Crippen LogP contribution is -2.32. The number of sulfone groups is 1. The van der Waals surface area contributed by atoms with Crippen molar-refractivity contribution in [3.8, 4) is 0 Å². The third-order valence-electron chi connectivity index (χ3n) is 4.22. The Bertz CT molecular complexity index is 563. The number of nitrogens with zero attached hydrogens (tertiary/aromatic N) is 1. The molecule has 1 unspecified atom stereocenters. The molecule has 2 fully saturated rings. The summed E-state index contributed by atoms with van der Waals surface area (Å²) in [7, 11) is -0.849. The van der Waals surface area contributed by atoms with Crippen LogP contribution >= 0.6 is 0 Å². The molecule has 0 spiro atoms. The summed E-state index contributed by atoms with van der Waals surface area (Å²) in [6, 6.07) is 2.80. The van der Waals surface area contributed by atoms with Crippen molar-refractivity contribution >= 4 is 9.84 Å². The molecule has 0 radical (unpaired) electrons. The molecule has 2 heterocycles. The van der Waals surface area contributed by atoms with E-state index < -0.39 is 9.84 Å². The van der Waals surface area contributed by atoms with E-state index in [1.54, 1.807) is 6.26 Å². The fourth-order valence-electron chi connectivity index (χ4n) is 2.68. The van der Waals surface area contributed by atoms with E-state index in [4.69, 9.17) is 4.42 Å². The Morgan fingerprint density at radius 1 is 1.40 bits per heavy atom. The predicted octanol–water partition coefficient (Wildman–Crippen LogP) is 1.15. The van der Waals surface area contributed by atoms with Crippen LogP contribution in [0.15, 0.2) is 16.7 Å². The summed E-state index contributed by atoms with van der Waals surface area (Å²) >= 11 is 0. The maximum atomic E-state index is 11.5. The minimum atomic E-state index is -2.83. The van der Waals surface area contributed by atoms with Gasteiger partial charge >= 0.3 is 0 Å². The first-order valence-corrected chi connectivity index (χ1v) is 9.05. The number of nitrogens with one attached hydrogen (secondary N) is 1. The van der Waals surface area contributed by atoms with Gasteiger partial charge in [0.25, 0.3) is 0 Å². The molecule has 112 valence electrons. The molecule has 1 saturated heterocycles. The molecule has 1 atom stereocenters. The largest absolute Gasteiger partial charge is 0.468 e. The van der Waals surface area contributed by atoms with Crippen LogP contribution in [0.5, 0.6) is 0 Å². The fraction of sp³-hybridized carbons (Fsp3) is 0.714. The lowest BCUT2D eigenvalue weighted by molar-refractivity contribution is 0.232. The van der Waals surface area contributed by atoms with Crippen molar-refractivity contribution in [3.05, 3.63) is 23.7 Å². The number of hydrogen-bond donors (Lipinski definition) is 1. The van der Waals surface area contributed by atoms with Gasteiger partial charge in [-0.3, -0.25) is 4.90 Å². The van der Waals surface area contributed by atoms with Crippen molar-refractivity contribution in [1.82, 2.24) is 10.2 Å². The molecule has 3 rings (SSSR count). The second-order valence-corrected chi connectivity index (χ2v) is 8.22. The van der Waals surface area contributed by atoms with Gasteiger partial charge in [-0.05, 0) is 32.4 Å². The van der Waals surface area contributed by atoms with Gasteiger partial charge in [-0.15, -0.1) is 0 Å². The van der Waals surface area contributed by atoms with Gasteiger partial charge in [0, 0.05) is 24.2 Å². The lowest BCUT2D eigenvalue weighted by atomic mass is 10.2. The average molecular weight is 298 g/mol. The Morgan fingerprint density at radius 2 is 2.20 bits per heavy atom. The van der Waals surface area contributed by atoms with Gasteiger partial charge in [0.15, 0.2) is 9.84 Å². The third kappa shape index (κ3) is 3.42. The SMILES string of the molecule is CN(Cc1occc1CNC1CC1)C1CCS(=O)(=O)C1. The molecule has 6 heteroatoms. The van der Waals surface area contributed by atoms with Crippen LogP contribution < -0.4 is 5.32 Å². The molecule has 1 aliphatic heterocycles. The van der Waals surface area contributed by atoms with Crippen LogP contribution in [0.1, 0.15) is 30.6 Å². The van der Waals surface area contributed by atoms with Gasteiger partial charge in [-0.1, -0.05) is 0 Å². The molecule has 1 aromatic rings. The van der Waals surface area contributed by atoms with Crippen LogP contribution in [-0.4, -0.2) is 44.0 Å². The Morgan fingerprint density at radius 3 is 2.85 bits per heavy atom. The topological polar surface area (TPSA) is 62.6 Å². The highest BCUT2D eigenvalue weighted by molar-refractivity contribution is 7.91. The summed E-state index contributed by atoms with van der Waals surface area (Å²) in [5, 5.41) is 3.48. The van der Waals surface area contributed by atoms with Crippen LogP contribution in [0.4, 0.5) is 0 Å². The van der Waals surface area contributed by atoms with Crippen LogP contribution in [0, 0.1) is 0 Å². The highest BCUT2D eigenvalue weighted by atomic mass is 32.2. The highest BCUT2D eigenvalue weighted by Crippen LogP contribution is 2.22. The Kier molecular flexibility index (Phi) is 3.88. The summed E-state index contributed by atoms with van der Waals surface area (Å²) in [4.78, 5) is 2.10. The van der Waals surface area contributed by atoms with Crippen LogP contribution in [0.3, 0.4) is 0 Å². The van der Waals surface area contributed by atoms with Crippen molar-refractivity contribution in [3.63, 3.8) is 0 Å². The number of rotatable bonds is 6. The lowest BCUT2D eigenvalue weighted by Gasteiger charge is -2.22. The number of furan rings is 1. The van der Waals surface area contributed by atoms with Gasteiger partial charge < -0.3 is 9.73 Å². The van der Waals surface area contributed by atoms with Gasteiger partial charge in [0.05, 0.1) is 24.3 Å². The molecule has 5 nitrogen and oxygen atoms in total. The molecular formula is C14H22N2O3S. The average Bonchev–Trinajstić information content (AvgIpc) is 3.01. The van der Waals surface area contributed by atoms with E-state index in [0.717, 1.165) is 18.7 Å². The molecule has 1 N–H and O–H groups in total. The van der Waals surface area contributed by atoms with Crippen molar-refractivity contribution in [2.45, 2.75) is 44.4 Å². The molecule has 0 bridgehead atoms. The van der Waals surface area contributed by atoms with Gasteiger partial charge in [0.1, 0.15) is 5.76 Å². The number of hydrogen-bond acceptors (Lipinski definition) is 5. The van der Waals surface area contributed by atoms with E-state index >= 15 is 0 Å². The standard InChI is InChI=1S/C14H22N2O3S/c1-16(13-5-7-20(17,18)10-13)9-14-11(4-6-19-14)8-15-12-2-3-12/h4,6,12-13,15H,2-3,5,7-10H2,1H3. The fourth-order valence-corrected chi connectivity index (χ4v) is 4.49. The maximum absolute atomic E-state index is 11.5. The van der Waals surface area contributed by atoms with E-state index in [1.165, 1.54) is 18.4 Å². The Hall–Kier alpha value is -0.850. The predicted molar refractivity (Wildman–Crippen MR) is 77.1 cm³/mol. The van der Waals surface area contributed by atoms with E-state index in [9.17, 15) is 8.42 Å². The van der Waals surface area contributed by atoms with E-state index in [1.807, 2.05) is 13.1 Å². The summed E-state index contributed by atoms with van der Waals surface area (Å²) in [5.74, 6) is 1.54. The molecule has 0 aromatic carbocycles. The van der Waals surface area contributed by atoms with Crippen LogP contribution in [0.2, 0.25) is 0 Å².